The number of rotatable bonds is 3. The standard InChI is InChI=1S/C13H13BrFNS/c1-2-9-4-6-12(17-9)13(16)8-3-5-10(14)11(15)7-8/h3-7,13H,2,16H2,1H3. The first-order valence-corrected chi connectivity index (χ1v) is 7.02. The van der Waals surface area contributed by atoms with Crippen LogP contribution in [0.4, 0.5) is 4.39 Å². The fourth-order valence-electron chi connectivity index (χ4n) is 1.62. The fraction of sp³-hybridized carbons (Fsp3) is 0.231. The summed E-state index contributed by atoms with van der Waals surface area (Å²) in [6.45, 7) is 2.11. The molecule has 0 aliphatic heterocycles. The van der Waals surface area contributed by atoms with E-state index in [0.29, 0.717) is 4.47 Å². The summed E-state index contributed by atoms with van der Waals surface area (Å²) in [6.07, 6.45) is 1.01. The molecule has 0 amide bonds. The summed E-state index contributed by atoms with van der Waals surface area (Å²) in [5.41, 5.74) is 6.93. The topological polar surface area (TPSA) is 26.0 Å². The van der Waals surface area contributed by atoms with Gasteiger partial charge in [0.05, 0.1) is 10.5 Å². The molecule has 2 rings (SSSR count). The number of halogens is 2. The van der Waals surface area contributed by atoms with Crippen molar-refractivity contribution in [2.24, 2.45) is 5.73 Å². The summed E-state index contributed by atoms with van der Waals surface area (Å²) in [6, 6.07) is 8.88. The first-order valence-electron chi connectivity index (χ1n) is 5.41. The second-order valence-corrected chi connectivity index (χ2v) is 5.86. The molecule has 4 heteroatoms. The van der Waals surface area contributed by atoms with E-state index in [9.17, 15) is 4.39 Å². The lowest BCUT2D eigenvalue weighted by Crippen LogP contribution is -2.10. The highest BCUT2D eigenvalue weighted by Crippen LogP contribution is 2.28. The van der Waals surface area contributed by atoms with E-state index < -0.39 is 0 Å². The van der Waals surface area contributed by atoms with Crippen LogP contribution in [0.1, 0.15) is 28.3 Å². The van der Waals surface area contributed by atoms with Gasteiger partial charge in [0.15, 0.2) is 0 Å². The minimum atomic E-state index is -0.273. The van der Waals surface area contributed by atoms with Gasteiger partial charge >= 0.3 is 0 Å². The lowest BCUT2D eigenvalue weighted by atomic mass is 10.1. The third-order valence-corrected chi connectivity index (χ3v) is 4.60. The molecule has 1 nitrogen and oxygen atoms in total. The monoisotopic (exact) mass is 313 g/mol. The van der Waals surface area contributed by atoms with Gasteiger partial charge in [0.25, 0.3) is 0 Å². The summed E-state index contributed by atoms with van der Waals surface area (Å²) in [5.74, 6) is -0.273. The molecule has 0 saturated carbocycles. The predicted octanol–water partition coefficient (Wildman–Crippen LogP) is 4.26. The van der Waals surface area contributed by atoms with Crippen LogP contribution in [-0.2, 0) is 6.42 Å². The third kappa shape index (κ3) is 2.76. The Morgan fingerprint density at radius 2 is 2.12 bits per heavy atom. The van der Waals surface area contributed by atoms with E-state index in [1.54, 1.807) is 17.4 Å². The van der Waals surface area contributed by atoms with Crippen LogP contribution in [0.5, 0.6) is 0 Å². The minimum Gasteiger partial charge on any atom is -0.320 e. The Labute approximate surface area is 113 Å². The molecule has 1 unspecified atom stereocenters. The average molecular weight is 314 g/mol. The van der Waals surface area contributed by atoms with E-state index in [1.807, 2.05) is 12.1 Å². The van der Waals surface area contributed by atoms with E-state index in [4.69, 9.17) is 5.73 Å². The molecule has 1 aromatic carbocycles. The first-order chi connectivity index (χ1) is 8.11. The van der Waals surface area contributed by atoms with Crippen LogP contribution in [0.15, 0.2) is 34.8 Å². The first kappa shape index (κ1) is 12.7. The smallest absolute Gasteiger partial charge is 0.137 e. The zero-order valence-electron chi connectivity index (χ0n) is 9.41. The Balaban J connectivity index is 2.29. The average Bonchev–Trinajstić information content (AvgIpc) is 2.80. The maximum Gasteiger partial charge on any atom is 0.137 e. The molecule has 0 bridgehead atoms. The Bertz CT molecular complexity index is 524. The van der Waals surface area contributed by atoms with E-state index in [0.717, 1.165) is 16.9 Å². The van der Waals surface area contributed by atoms with E-state index >= 15 is 0 Å². The van der Waals surface area contributed by atoms with Crippen molar-refractivity contribution in [3.63, 3.8) is 0 Å². The Kier molecular flexibility index (Phi) is 3.97. The van der Waals surface area contributed by atoms with Gasteiger partial charge in [-0.05, 0) is 52.2 Å². The number of hydrogen-bond acceptors (Lipinski definition) is 2. The molecular weight excluding hydrogens is 301 g/mol. The summed E-state index contributed by atoms with van der Waals surface area (Å²) in [7, 11) is 0. The van der Waals surface area contributed by atoms with Crippen LogP contribution >= 0.6 is 27.3 Å². The van der Waals surface area contributed by atoms with Crippen LogP contribution in [0.3, 0.4) is 0 Å². The maximum atomic E-state index is 13.4. The number of aryl methyl sites for hydroxylation is 1. The van der Waals surface area contributed by atoms with E-state index in [1.165, 1.54) is 10.9 Å². The van der Waals surface area contributed by atoms with Crippen LogP contribution in [-0.4, -0.2) is 0 Å². The lowest BCUT2D eigenvalue weighted by molar-refractivity contribution is 0.617. The molecule has 0 aliphatic rings. The number of nitrogens with two attached hydrogens (primary N) is 1. The molecule has 1 heterocycles. The van der Waals surface area contributed by atoms with E-state index in [-0.39, 0.29) is 11.9 Å². The van der Waals surface area contributed by atoms with Gasteiger partial charge in [-0.1, -0.05) is 13.0 Å². The molecule has 90 valence electrons. The Morgan fingerprint density at radius 3 is 2.71 bits per heavy atom. The Hall–Kier alpha value is -0.710. The second-order valence-electron chi connectivity index (χ2n) is 3.81. The predicted molar refractivity (Wildman–Crippen MR) is 73.8 cm³/mol. The van der Waals surface area contributed by atoms with Gasteiger partial charge in [0.2, 0.25) is 0 Å². The zero-order valence-corrected chi connectivity index (χ0v) is 11.8. The number of hydrogen-bond donors (Lipinski definition) is 1. The lowest BCUT2D eigenvalue weighted by Gasteiger charge is -2.10. The van der Waals surface area contributed by atoms with Crippen molar-refractivity contribution in [3.8, 4) is 0 Å². The molecule has 0 saturated heterocycles. The molecule has 1 aromatic heterocycles. The van der Waals surface area contributed by atoms with Crippen LogP contribution in [0, 0.1) is 5.82 Å². The fourth-order valence-corrected chi connectivity index (χ4v) is 2.85. The van der Waals surface area contributed by atoms with Crippen molar-refractivity contribution < 1.29 is 4.39 Å². The van der Waals surface area contributed by atoms with Crippen molar-refractivity contribution in [2.75, 3.05) is 0 Å². The van der Waals surface area contributed by atoms with Gasteiger partial charge in [-0.3, -0.25) is 0 Å². The van der Waals surface area contributed by atoms with E-state index in [2.05, 4.69) is 28.9 Å². The summed E-state index contributed by atoms with van der Waals surface area (Å²) in [4.78, 5) is 2.37. The third-order valence-electron chi connectivity index (χ3n) is 2.64. The molecule has 2 N–H and O–H groups in total. The maximum absolute atomic E-state index is 13.4. The quantitative estimate of drug-likeness (QED) is 0.900. The Morgan fingerprint density at radius 1 is 1.35 bits per heavy atom. The van der Waals surface area contributed by atoms with Crippen molar-refractivity contribution in [3.05, 3.63) is 55.9 Å². The van der Waals surface area contributed by atoms with Gasteiger partial charge in [0.1, 0.15) is 5.82 Å². The van der Waals surface area contributed by atoms with Crippen LogP contribution in [0.25, 0.3) is 0 Å². The molecular formula is C13H13BrFNS. The molecule has 0 spiro atoms. The highest BCUT2D eigenvalue weighted by molar-refractivity contribution is 9.10. The highest BCUT2D eigenvalue weighted by atomic mass is 79.9. The van der Waals surface area contributed by atoms with Crippen LogP contribution < -0.4 is 5.73 Å². The highest BCUT2D eigenvalue weighted by Gasteiger charge is 2.13. The summed E-state index contributed by atoms with van der Waals surface area (Å²) >= 11 is 4.82. The second kappa shape index (κ2) is 5.29. The molecule has 1 atom stereocenters. The van der Waals surface area contributed by atoms with Gasteiger partial charge < -0.3 is 5.73 Å². The minimum absolute atomic E-state index is 0.247. The zero-order chi connectivity index (χ0) is 12.4. The van der Waals surface area contributed by atoms with Gasteiger partial charge in [-0.25, -0.2) is 4.39 Å². The van der Waals surface area contributed by atoms with Crippen molar-refractivity contribution >= 4 is 27.3 Å². The normalized spacial score (nSPS) is 12.7. The molecule has 0 fully saturated rings. The molecule has 0 radical (unpaired) electrons. The number of thiophene rings is 1. The molecule has 17 heavy (non-hydrogen) atoms. The number of benzene rings is 1. The van der Waals surface area contributed by atoms with Gasteiger partial charge in [0, 0.05) is 9.75 Å². The van der Waals surface area contributed by atoms with Crippen molar-refractivity contribution in [1.29, 1.82) is 0 Å². The summed E-state index contributed by atoms with van der Waals surface area (Å²) < 4.78 is 13.9. The van der Waals surface area contributed by atoms with Crippen molar-refractivity contribution in [2.45, 2.75) is 19.4 Å². The van der Waals surface area contributed by atoms with Crippen LogP contribution in [0.2, 0.25) is 0 Å². The van der Waals surface area contributed by atoms with Crippen molar-refractivity contribution in [1.82, 2.24) is 0 Å². The summed E-state index contributed by atoms with van der Waals surface area (Å²) in [5, 5.41) is 0. The SMILES string of the molecule is CCc1ccc(C(N)c2ccc(Br)c(F)c2)s1. The largest absolute Gasteiger partial charge is 0.320 e. The van der Waals surface area contributed by atoms with Gasteiger partial charge in [-0.15, -0.1) is 11.3 Å². The molecule has 2 aromatic rings. The van der Waals surface area contributed by atoms with Gasteiger partial charge in [-0.2, -0.15) is 0 Å². The molecule has 0 aliphatic carbocycles.